The molecule has 0 fully saturated rings. The predicted molar refractivity (Wildman–Crippen MR) is 107 cm³/mol. The fourth-order valence-corrected chi connectivity index (χ4v) is 3.18. The van der Waals surface area contributed by atoms with Gasteiger partial charge in [-0.05, 0) is 61.4 Å². The van der Waals surface area contributed by atoms with Gasteiger partial charge in [-0.25, -0.2) is 4.68 Å². The summed E-state index contributed by atoms with van der Waals surface area (Å²) in [6.45, 7) is 3.31. The molecule has 1 heterocycles. The zero-order valence-corrected chi connectivity index (χ0v) is 15.7. The quantitative estimate of drug-likeness (QED) is 0.538. The minimum absolute atomic E-state index is 0.380. The lowest BCUT2D eigenvalue weighted by atomic mass is 9.95. The molecular formula is C23H21FN2O2. The second kappa shape index (κ2) is 7.09. The summed E-state index contributed by atoms with van der Waals surface area (Å²) in [5.41, 5.74) is 1.38. The van der Waals surface area contributed by atoms with E-state index in [0.717, 1.165) is 22.2 Å². The zero-order valence-electron chi connectivity index (χ0n) is 15.7. The van der Waals surface area contributed by atoms with Gasteiger partial charge in [0.1, 0.15) is 5.75 Å². The molecular weight excluding hydrogens is 355 g/mol. The SMILES string of the molecule is Cc1cccc(OC(F)C(C)(O)c2ccc3c(cnn3-c3ccccc3)c2)c1. The molecule has 0 spiro atoms. The molecule has 1 aromatic heterocycles. The van der Waals surface area contributed by atoms with E-state index in [9.17, 15) is 9.50 Å². The Kier molecular flexibility index (Phi) is 4.61. The summed E-state index contributed by atoms with van der Waals surface area (Å²) in [7, 11) is 0. The third-order valence-corrected chi connectivity index (χ3v) is 4.82. The molecule has 0 aliphatic rings. The molecule has 2 unspecified atom stereocenters. The van der Waals surface area contributed by atoms with Crippen LogP contribution in [0.2, 0.25) is 0 Å². The molecule has 0 radical (unpaired) electrons. The molecule has 0 saturated carbocycles. The summed E-state index contributed by atoms with van der Waals surface area (Å²) >= 11 is 0. The Morgan fingerprint density at radius 2 is 1.82 bits per heavy atom. The second-order valence-corrected chi connectivity index (χ2v) is 7.06. The van der Waals surface area contributed by atoms with Crippen molar-refractivity contribution in [2.45, 2.75) is 25.8 Å². The van der Waals surface area contributed by atoms with Crippen LogP contribution in [0.1, 0.15) is 18.1 Å². The van der Waals surface area contributed by atoms with Gasteiger partial charge in [-0.15, -0.1) is 0 Å². The highest BCUT2D eigenvalue weighted by atomic mass is 19.1. The molecule has 3 aromatic carbocycles. The van der Waals surface area contributed by atoms with Crippen LogP contribution in [0.25, 0.3) is 16.6 Å². The monoisotopic (exact) mass is 376 g/mol. The van der Waals surface area contributed by atoms with Crippen molar-refractivity contribution in [3.05, 3.63) is 90.1 Å². The number of alkyl halides is 1. The summed E-state index contributed by atoms with van der Waals surface area (Å²) in [5, 5.41) is 16.1. The Morgan fingerprint density at radius 1 is 1.04 bits per heavy atom. The number of rotatable bonds is 5. The summed E-state index contributed by atoms with van der Waals surface area (Å²) < 4.78 is 22.0. The Bertz CT molecular complexity index is 1110. The third kappa shape index (κ3) is 3.37. The van der Waals surface area contributed by atoms with Crippen molar-refractivity contribution in [2.75, 3.05) is 0 Å². The van der Waals surface area contributed by atoms with Crippen molar-refractivity contribution in [3.8, 4) is 11.4 Å². The van der Waals surface area contributed by atoms with E-state index in [1.807, 2.05) is 54.1 Å². The number of benzene rings is 3. The molecule has 28 heavy (non-hydrogen) atoms. The number of aromatic nitrogens is 2. The molecule has 0 aliphatic carbocycles. The van der Waals surface area contributed by atoms with Crippen LogP contribution < -0.4 is 4.74 Å². The number of halogens is 1. The van der Waals surface area contributed by atoms with Crippen LogP contribution in [0, 0.1) is 6.92 Å². The molecule has 4 nitrogen and oxygen atoms in total. The maximum atomic E-state index is 14.9. The lowest BCUT2D eigenvalue weighted by Crippen LogP contribution is -2.37. The maximum Gasteiger partial charge on any atom is 0.270 e. The zero-order chi connectivity index (χ0) is 19.7. The van der Waals surface area contributed by atoms with Gasteiger partial charge >= 0.3 is 0 Å². The van der Waals surface area contributed by atoms with Crippen LogP contribution in [-0.2, 0) is 5.60 Å². The number of para-hydroxylation sites is 1. The van der Waals surface area contributed by atoms with Crippen molar-refractivity contribution < 1.29 is 14.2 Å². The highest BCUT2D eigenvalue weighted by Gasteiger charge is 2.36. The van der Waals surface area contributed by atoms with Gasteiger partial charge in [0, 0.05) is 5.39 Å². The minimum atomic E-state index is -1.92. The summed E-state index contributed by atoms with van der Waals surface area (Å²) in [6, 6.07) is 22.1. The average Bonchev–Trinajstić information content (AvgIpc) is 3.12. The first-order valence-corrected chi connectivity index (χ1v) is 9.08. The van der Waals surface area contributed by atoms with E-state index in [1.54, 1.807) is 36.5 Å². The normalized spacial score (nSPS) is 14.6. The lowest BCUT2D eigenvalue weighted by molar-refractivity contribution is -0.119. The van der Waals surface area contributed by atoms with Crippen LogP contribution >= 0.6 is 0 Å². The highest BCUT2D eigenvalue weighted by molar-refractivity contribution is 5.81. The molecule has 0 aliphatic heterocycles. The van der Waals surface area contributed by atoms with Crippen LogP contribution in [0.5, 0.6) is 5.75 Å². The first-order chi connectivity index (χ1) is 13.4. The lowest BCUT2D eigenvalue weighted by Gasteiger charge is -2.28. The third-order valence-electron chi connectivity index (χ3n) is 4.82. The van der Waals surface area contributed by atoms with Crippen molar-refractivity contribution in [1.29, 1.82) is 0 Å². The standard InChI is InChI=1S/C23H21FN2O2/c1-16-7-6-10-20(13-16)28-22(24)23(2,27)18-11-12-21-17(14-18)15-25-26(21)19-8-4-3-5-9-19/h3-15,22,27H,1-2H3. The average molecular weight is 376 g/mol. The summed E-state index contributed by atoms with van der Waals surface area (Å²) in [5.74, 6) is 0.380. The van der Waals surface area contributed by atoms with E-state index in [0.29, 0.717) is 11.3 Å². The topological polar surface area (TPSA) is 47.3 Å². The molecule has 0 bridgehead atoms. The number of hydrogen-bond acceptors (Lipinski definition) is 3. The van der Waals surface area contributed by atoms with Crippen molar-refractivity contribution in [2.24, 2.45) is 0 Å². The van der Waals surface area contributed by atoms with Gasteiger partial charge in [-0.3, -0.25) is 0 Å². The predicted octanol–water partition coefficient (Wildman–Crippen LogP) is 4.92. The minimum Gasteiger partial charge on any atom is -0.457 e. The van der Waals surface area contributed by atoms with Gasteiger partial charge in [0.25, 0.3) is 6.36 Å². The molecule has 142 valence electrons. The van der Waals surface area contributed by atoms with E-state index in [1.165, 1.54) is 6.92 Å². The van der Waals surface area contributed by atoms with E-state index >= 15 is 0 Å². The van der Waals surface area contributed by atoms with Crippen molar-refractivity contribution in [3.63, 3.8) is 0 Å². The van der Waals surface area contributed by atoms with Gasteiger partial charge in [-0.1, -0.05) is 36.4 Å². The molecule has 2 atom stereocenters. The number of fused-ring (bicyclic) bond motifs is 1. The van der Waals surface area contributed by atoms with Gasteiger partial charge in [0.15, 0.2) is 5.60 Å². The van der Waals surface area contributed by atoms with Gasteiger partial charge in [-0.2, -0.15) is 9.49 Å². The highest BCUT2D eigenvalue weighted by Crippen LogP contribution is 2.32. The Balaban J connectivity index is 1.64. The van der Waals surface area contributed by atoms with Crippen LogP contribution in [-0.4, -0.2) is 21.2 Å². The fraction of sp³-hybridized carbons (Fsp3) is 0.174. The first-order valence-electron chi connectivity index (χ1n) is 9.08. The number of aryl methyl sites for hydroxylation is 1. The van der Waals surface area contributed by atoms with E-state index in [4.69, 9.17) is 4.74 Å². The fourth-order valence-electron chi connectivity index (χ4n) is 3.18. The maximum absolute atomic E-state index is 14.9. The van der Waals surface area contributed by atoms with E-state index in [-0.39, 0.29) is 0 Å². The van der Waals surface area contributed by atoms with Crippen molar-refractivity contribution in [1.82, 2.24) is 9.78 Å². The molecule has 0 amide bonds. The Hall–Kier alpha value is -3.18. The van der Waals surface area contributed by atoms with Gasteiger partial charge < -0.3 is 9.84 Å². The smallest absolute Gasteiger partial charge is 0.270 e. The Labute approximate surface area is 162 Å². The molecule has 0 saturated heterocycles. The van der Waals surface area contributed by atoms with Crippen LogP contribution in [0.4, 0.5) is 4.39 Å². The number of hydrogen-bond donors (Lipinski definition) is 1. The number of nitrogens with zero attached hydrogens (tertiary/aromatic N) is 2. The Morgan fingerprint density at radius 3 is 2.57 bits per heavy atom. The van der Waals surface area contributed by atoms with Crippen LogP contribution in [0.3, 0.4) is 0 Å². The van der Waals surface area contributed by atoms with E-state index < -0.39 is 12.0 Å². The van der Waals surface area contributed by atoms with E-state index in [2.05, 4.69) is 5.10 Å². The van der Waals surface area contributed by atoms with Crippen LogP contribution in [0.15, 0.2) is 79.0 Å². The second-order valence-electron chi connectivity index (χ2n) is 7.06. The molecule has 5 heteroatoms. The first kappa shape index (κ1) is 18.2. The number of ether oxygens (including phenoxy) is 1. The number of aliphatic hydroxyl groups is 1. The largest absolute Gasteiger partial charge is 0.457 e. The molecule has 1 N–H and O–H groups in total. The summed E-state index contributed by atoms with van der Waals surface area (Å²) in [4.78, 5) is 0. The molecule has 4 rings (SSSR count). The van der Waals surface area contributed by atoms with Crippen molar-refractivity contribution >= 4 is 10.9 Å². The van der Waals surface area contributed by atoms with Gasteiger partial charge in [0.2, 0.25) is 0 Å². The molecule has 4 aromatic rings. The summed E-state index contributed by atoms with van der Waals surface area (Å²) in [6.07, 6.45) is -0.216. The van der Waals surface area contributed by atoms with Gasteiger partial charge in [0.05, 0.1) is 17.4 Å².